The molecule has 0 bridgehead atoms. The highest BCUT2D eigenvalue weighted by Gasteiger charge is 2.28. The van der Waals surface area contributed by atoms with Crippen molar-refractivity contribution < 1.29 is 24.0 Å². The van der Waals surface area contributed by atoms with E-state index in [1.54, 1.807) is 41.2 Å². The van der Waals surface area contributed by atoms with Crippen molar-refractivity contribution in [2.45, 2.75) is 6.42 Å². The van der Waals surface area contributed by atoms with Crippen molar-refractivity contribution >= 4 is 17.5 Å². The van der Waals surface area contributed by atoms with Gasteiger partial charge in [0.05, 0.1) is 24.0 Å². The summed E-state index contributed by atoms with van der Waals surface area (Å²) in [6, 6.07) is 20.2. The standard InChI is InChI=1S/C26H25N3O6/c1-34-22-9-5-6-19(16-22)17-25(30)27-12-14-28(15-13-27)26(31)23-18-20(29(32)33)10-11-24(23)35-21-7-3-2-4-8-21/h2-11,16,18H,12-15,17H2,1H3. The van der Waals surface area contributed by atoms with Crippen LogP contribution in [0.2, 0.25) is 0 Å². The maximum atomic E-state index is 13.3. The molecule has 4 rings (SSSR count). The number of piperazine rings is 1. The van der Waals surface area contributed by atoms with Crippen LogP contribution in [0.4, 0.5) is 5.69 Å². The normalized spacial score (nSPS) is 13.3. The van der Waals surface area contributed by atoms with Crippen LogP contribution in [0.3, 0.4) is 0 Å². The Balaban J connectivity index is 1.45. The first-order valence-electron chi connectivity index (χ1n) is 11.2. The first-order chi connectivity index (χ1) is 16.9. The lowest BCUT2D eigenvalue weighted by molar-refractivity contribution is -0.384. The van der Waals surface area contributed by atoms with Crippen LogP contribution in [-0.4, -0.2) is 59.8 Å². The number of nitro benzene ring substituents is 1. The summed E-state index contributed by atoms with van der Waals surface area (Å²) < 4.78 is 11.1. The molecule has 0 atom stereocenters. The van der Waals surface area contributed by atoms with Crippen molar-refractivity contribution in [3.05, 3.63) is 94.0 Å². The Morgan fingerprint density at radius 3 is 2.26 bits per heavy atom. The van der Waals surface area contributed by atoms with Crippen molar-refractivity contribution in [2.75, 3.05) is 33.3 Å². The number of rotatable bonds is 7. The van der Waals surface area contributed by atoms with Crippen LogP contribution in [0.25, 0.3) is 0 Å². The Kier molecular flexibility index (Phi) is 7.25. The number of carbonyl (C=O) groups excluding carboxylic acids is 2. The second-order valence-electron chi connectivity index (χ2n) is 8.05. The first-order valence-corrected chi connectivity index (χ1v) is 11.2. The van der Waals surface area contributed by atoms with E-state index in [1.165, 1.54) is 18.2 Å². The number of methoxy groups -OCH3 is 1. The van der Waals surface area contributed by atoms with E-state index in [0.29, 0.717) is 37.7 Å². The zero-order valence-electron chi connectivity index (χ0n) is 19.3. The van der Waals surface area contributed by atoms with Gasteiger partial charge in [-0.05, 0) is 35.9 Å². The Hall–Kier alpha value is -4.40. The van der Waals surface area contributed by atoms with E-state index in [2.05, 4.69) is 0 Å². The molecule has 2 amide bonds. The predicted molar refractivity (Wildman–Crippen MR) is 129 cm³/mol. The smallest absolute Gasteiger partial charge is 0.270 e. The van der Waals surface area contributed by atoms with Gasteiger partial charge in [-0.3, -0.25) is 19.7 Å². The fourth-order valence-electron chi connectivity index (χ4n) is 3.90. The molecule has 0 aliphatic carbocycles. The molecule has 1 heterocycles. The number of para-hydroxylation sites is 1. The molecule has 35 heavy (non-hydrogen) atoms. The van der Waals surface area contributed by atoms with Crippen LogP contribution in [-0.2, 0) is 11.2 Å². The minimum atomic E-state index is -0.543. The summed E-state index contributed by atoms with van der Waals surface area (Å²) in [4.78, 5) is 40.2. The summed E-state index contributed by atoms with van der Waals surface area (Å²) in [5, 5.41) is 11.3. The molecule has 0 N–H and O–H groups in total. The highest BCUT2D eigenvalue weighted by atomic mass is 16.6. The molecule has 180 valence electrons. The van der Waals surface area contributed by atoms with E-state index in [1.807, 2.05) is 30.3 Å². The number of non-ortho nitro benzene ring substituents is 1. The van der Waals surface area contributed by atoms with E-state index in [9.17, 15) is 19.7 Å². The molecule has 1 saturated heterocycles. The fourth-order valence-corrected chi connectivity index (χ4v) is 3.90. The van der Waals surface area contributed by atoms with Gasteiger partial charge >= 0.3 is 0 Å². The van der Waals surface area contributed by atoms with E-state index in [-0.39, 0.29) is 35.2 Å². The van der Waals surface area contributed by atoms with Crippen LogP contribution >= 0.6 is 0 Å². The van der Waals surface area contributed by atoms with Crippen molar-refractivity contribution in [1.29, 1.82) is 0 Å². The van der Waals surface area contributed by atoms with Gasteiger partial charge in [0.25, 0.3) is 11.6 Å². The van der Waals surface area contributed by atoms with Gasteiger partial charge < -0.3 is 19.3 Å². The molecule has 1 aliphatic rings. The van der Waals surface area contributed by atoms with Crippen molar-refractivity contribution in [1.82, 2.24) is 9.80 Å². The molecule has 0 unspecified atom stereocenters. The number of nitrogens with zero attached hydrogens (tertiary/aromatic N) is 3. The quantitative estimate of drug-likeness (QED) is 0.379. The van der Waals surface area contributed by atoms with Crippen LogP contribution < -0.4 is 9.47 Å². The number of benzene rings is 3. The van der Waals surface area contributed by atoms with E-state index in [4.69, 9.17) is 9.47 Å². The summed E-state index contributed by atoms with van der Waals surface area (Å²) in [5.41, 5.74) is 0.771. The monoisotopic (exact) mass is 475 g/mol. The lowest BCUT2D eigenvalue weighted by atomic mass is 10.1. The van der Waals surface area contributed by atoms with Gasteiger partial charge in [-0.2, -0.15) is 0 Å². The molecule has 9 heteroatoms. The summed E-state index contributed by atoms with van der Waals surface area (Å²) in [5.74, 6) is 1.04. The molecule has 0 aromatic heterocycles. The van der Waals surface area contributed by atoms with Gasteiger partial charge in [-0.1, -0.05) is 30.3 Å². The Bertz CT molecular complexity index is 1220. The van der Waals surface area contributed by atoms with E-state index in [0.717, 1.165) is 5.56 Å². The van der Waals surface area contributed by atoms with E-state index < -0.39 is 4.92 Å². The number of nitro groups is 1. The predicted octanol–water partition coefficient (Wildman–Crippen LogP) is 3.92. The zero-order valence-corrected chi connectivity index (χ0v) is 19.3. The second kappa shape index (κ2) is 10.7. The molecule has 1 fully saturated rings. The Labute approximate surface area is 202 Å². The van der Waals surface area contributed by atoms with E-state index >= 15 is 0 Å². The molecule has 3 aromatic rings. The van der Waals surface area contributed by atoms with Gasteiger partial charge in [0, 0.05) is 38.3 Å². The summed E-state index contributed by atoms with van der Waals surface area (Å²) >= 11 is 0. The van der Waals surface area contributed by atoms with Crippen LogP contribution in [0.1, 0.15) is 15.9 Å². The van der Waals surface area contributed by atoms with Crippen molar-refractivity contribution in [2.24, 2.45) is 0 Å². The lowest BCUT2D eigenvalue weighted by Crippen LogP contribution is -2.51. The summed E-state index contributed by atoms with van der Waals surface area (Å²) in [6.45, 7) is 1.38. The van der Waals surface area contributed by atoms with Gasteiger partial charge in [0.2, 0.25) is 5.91 Å². The average molecular weight is 476 g/mol. The largest absolute Gasteiger partial charge is 0.497 e. The molecule has 1 aliphatic heterocycles. The van der Waals surface area contributed by atoms with Gasteiger partial charge in [0.1, 0.15) is 17.2 Å². The number of amides is 2. The highest BCUT2D eigenvalue weighted by Crippen LogP contribution is 2.30. The topological polar surface area (TPSA) is 102 Å². The minimum Gasteiger partial charge on any atom is -0.497 e. The summed E-state index contributed by atoms with van der Waals surface area (Å²) in [7, 11) is 1.58. The van der Waals surface area contributed by atoms with Crippen LogP contribution in [0.15, 0.2) is 72.8 Å². The third kappa shape index (κ3) is 5.75. The molecular weight excluding hydrogens is 450 g/mol. The third-order valence-electron chi connectivity index (χ3n) is 5.78. The van der Waals surface area contributed by atoms with Crippen molar-refractivity contribution in [3.63, 3.8) is 0 Å². The Morgan fingerprint density at radius 1 is 0.886 bits per heavy atom. The fraction of sp³-hybridized carbons (Fsp3) is 0.231. The number of carbonyl (C=O) groups is 2. The van der Waals surface area contributed by atoms with Gasteiger partial charge in [-0.15, -0.1) is 0 Å². The summed E-state index contributed by atoms with van der Waals surface area (Å²) in [6.07, 6.45) is 0.241. The first kappa shape index (κ1) is 23.7. The molecule has 3 aromatic carbocycles. The number of ether oxygens (including phenoxy) is 2. The molecule has 0 saturated carbocycles. The molecule has 9 nitrogen and oxygen atoms in total. The minimum absolute atomic E-state index is 0.0335. The SMILES string of the molecule is COc1cccc(CC(=O)N2CCN(C(=O)c3cc([N+](=O)[O-])ccc3Oc3ccccc3)CC2)c1. The number of hydrogen-bond donors (Lipinski definition) is 0. The maximum Gasteiger partial charge on any atom is 0.270 e. The lowest BCUT2D eigenvalue weighted by Gasteiger charge is -2.35. The number of hydrogen-bond acceptors (Lipinski definition) is 6. The molecule has 0 spiro atoms. The molecule has 0 radical (unpaired) electrons. The second-order valence-corrected chi connectivity index (χ2v) is 8.05. The van der Waals surface area contributed by atoms with Gasteiger partial charge in [0.15, 0.2) is 0 Å². The Morgan fingerprint density at radius 2 is 1.57 bits per heavy atom. The average Bonchev–Trinajstić information content (AvgIpc) is 2.89. The van der Waals surface area contributed by atoms with Crippen molar-refractivity contribution in [3.8, 4) is 17.2 Å². The zero-order chi connectivity index (χ0) is 24.8. The van der Waals surface area contributed by atoms with Gasteiger partial charge in [-0.25, -0.2) is 0 Å². The highest BCUT2D eigenvalue weighted by molar-refractivity contribution is 5.98. The third-order valence-corrected chi connectivity index (χ3v) is 5.78. The molecular formula is C26H25N3O6. The maximum absolute atomic E-state index is 13.3. The van der Waals surface area contributed by atoms with Crippen LogP contribution in [0.5, 0.6) is 17.2 Å². The van der Waals surface area contributed by atoms with Crippen LogP contribution in [0, 0.1) is 10.1 Å².